The predicted octanol–water partition coefficient (Wildman–Crippen LogP) is 2.96. The number of nitrogens with zero attached hydrogens (tertiary/aromatic N) is 3. The molecule has 0 fully saturated rings. The van der Waals surface area contributed by atoms with Crippen molar-refractivity contribution in [2.75, 3.05) is 7.11 Å². The molecule has 4 nitrogen and oxygen atoms in total. The Labute approximate surface area is 100 Å². The van der Waals surface area contributed by atoms with Crippen LogP contribution in [0, 0.1) is 6.92 Å². The van der Waals surface area contributed by atoms with E-state index in [2.05, 4.69) is 10.1 Å². The molecule has 0 aliphatic heterocycles. The van der Waals surface area contributed by atoms with E-state index in [0.29, 0.717) is 16.5 Å². The number of rotatable bonds is 1. The number of methoxy groups -OCH3 is 1. The molecule has 0 bridgehead atoms. The van der Waals surface area contributed by atoms with Gasteiger partial charge in [-0.3, -0.25) is 4.68 Å². The van der Waals surface area contributed by atoms with Gasteiger partial charge >= 0.3 is 0 Å². The molecule has 0 aromatic carbocycles. The van der Waals surface area contributed by atoms with Gasteiger partial charge in [0.1, 0.15) is 10.9 Å². The van der Waals surface area contributed by atoms with E-state index >= 15 is 0 Å². The minimum atomic E-state index is 0.396. The Balaban J connectivity index is 0.000000606. The van der Waals surface area contributed by atoms with Crippen molar-refractivity contribution in [3.63, 3.8) is 0 Å². The van der Waals surface area contributed by atoms with Crippen LogP contribution in [0.4, 0.5) is 0 Å². The molecular formula is C11H16ClN3O. The molecule has 0 unspecified atom stereocenters. The summed E-state index contributed by atoms with van der Waals surface area (Å²) in [6, 6.07) is 1.69. The topological polar surface area (TPSA) is 39.9 Å². The van der Waals surface area contributed by atoms with Crippen molar-refractivity contribution in [2.24, 2.45) is 7.05 Å². The average Bonchev–Trinajstić information content (AvgIpc) is 2.56. The summed E-state index contributed by atoms with van der Waals surface area (Å²) in [5.41, 5.74) is 1.63. The Morgan fingerprint density at radius 2 is 2.00 bits per heavy atom. The molecule has 2 aromatic rings. The zero-order chi connectivity index (χ0) is 12.3. The summed E-state index contributed by atoms with van der Waals surface area (Å²) in [7, 11) is 3.47. The monoisotopic (exact) mass is 241 g/mol. The lowest BCUT2D eigenvalue weighted by Gasteiger charge is -2.01. The molecule has 2 heterocycles. The first-order valence-corrected chi connectivity index (χ1v) is 5.55. The zero-order valence-electron chi connectivity index (χ0n) is 10.2. The molecule has 0 amide bonds. The molecule has 0 radical (unpaired) electrons. The smallest absolute Gasteiger partial charge is 0.186 e. The molecule has 0 aliphatic rings. The number of fused-ring (bicyclic) bond motifs is 1. The molecule has 88 valence electrons. The highest BCUT2D eigenvalue weighted by Gasteiger charge is 2.12. The van der Waals surface area contributed by atoms with Gasteiger partial charge < -0.3 is 4.74 Å². The van der Waals surface area contributed by atoms with Crippen LogP contribution in [0.1, 0.15) is 19.5 Å². The van der Waals surface area contributed by atoms with E-state index in [-0.39, 0.29) is 0 Å². The van der Waals surface area contributed by atoms with E-state index < -0.39 is 0 Å². The van der Waals surface area contributed by atoms with Crippen molar-refractivity contribution in [2.45, 2.75) is 20.8 Å². The van der Waals surface area contributed by atoms with Crippen molar-refractivity contribution < 1.29 is 4.74 Å². The van der Waals surface area contributed by atoms with Gasteiger partial charge in [-0.2, -0.15) is 5.10 Å². The summed E-state index contributed by atoms with van der Waals surface area (Å²) in [4.78, 5) is 4.12. The Bertz CT molecular complexity index is 493. The van der Waals surface area contributed by atoms with E-state index in [1.54, 1.807) is 17.9 Å². The zero-order valence-corrected chi connectivity index (χ0v) is 11.0. The molecule has 0 spiro atoms. The van der Waals surface area contributed by atoms with Gasteiger partial charge in [-0.25, -0.2) is 4.98 Å². The standard InChI is InChI=1S/C9H10ClN3O.C2H6/c1-5-8-6(14-3)4-7(10)11-9(8)12-13(5)2;1-2/h4H,1-3H3;1-2H3. The molecule has 2 rings (SSSR count). The number of aromatic nitrogens is 3. The largest absolute Gasteiger partial charge is 0.496 e. The van der Waals surface area contributed by atoms with Crippen molar-refractivity contribution in [1.82, 2.24) is 14.8 Å². The molecular weight excluding hydrogens is 226 g/mol. The first kappa shape index (κ1) is 12.8. The minimum absolute atomic E-state index is 0.396. The van der Waals surface area contributed by atoms with E-state index in [9.17, 15) is 0 Å². The van der Waals surface area contributed by atoms with Crippen LogP contribution in [0.3, 0.4) is 0 Å². The molecule has 5 heteroatoms. The SMILES string of the molecule is CC.COc1cc(Cl)nc2nn(C)c(C)c12. The molecule has 0 saturated carbocycles. The van der Waals surface area contributed by atoms with Crippen molar-refractivity contribution >= 4 is 22.6 Å². The molecule has 16 heavy (non-hydrogen) atoms. The number of hydrogen-bond donors (Lipinski definition) is 0. The fourth-order valence-electron chi connectivity index (χ4n) is 1.43. The maximum atomic E-state index is 5.82. The maximum absolute atomic E-state index is 5.82. The lowest BCUT2D eigenvalue weighted by atomic mass is 10.2. The normalized spacial score (nSPS) is 9.88. The highest BCUT2D eigenvalue weighted by molar-refractivity contribution is 6.30. The molecule has 0 saturated heterocycles. The van der Waals surface area contributed by atoms with Crippen LogP contribution in [0.2, 0.25) is 5.15 Å². The number of ether oxygens (including phenoxy) is 1. The van der Waals surface area contributed by atoms with E-state index in [1.165, 1.54) is 0 Å². The van der Waals surface area contributed by atoms with Gasteiger partial charge in [0.05, 0.1) is 12.5 Å². The number of pyridine rings is 1. The average molecular weight is 242 g/mol. The first-order chi connectivity index (χ1) is 7.63. The Kier molecular flexibility index (Phi) is 4.12. The van der Waals surface area contributed by atoms with Crippen LogP contribution in [-0.4, -0.2) is 21.9 Å². The summed E-state index contributed by atoms with van der Waals surface area (Å²) in [5, 5.41) is 5.54. The molecule has 0 N–H and O–H groups in total. The first-order valence-electron chi connectivity index (χ1n) is 5.17. The van der Waals surface area contributed by atoms with Gasteiger partial charge in [-0.1, -0.05) is 25.4 Å². The van der Waals surface area contributed by atoms with Gasteiger partial charge in [0, 0.05) is 18.8 Å². The summed E-state index contributed by atoms with van der Waals surface area (Å²) >= 11 is 5.82. The van der Waals surface area contributed by atoms with Gasteiger partial charge in [0.2, 0.25) is 0 Å². The molecule has 2 aromatic heterocycles. The fraction of sp³-hybridized carbons (Fsp3) is 0.455. The fourth-order valence-corrected chi connectivity index (χ4v) is 1.61. The van der Waals surface area contributed by atoms with Gasteiger partial charge in [-0.15, -0.1) is 0 Å². The number of halogens is 1. The van der Waals surface area contributed by atoms with Gasteiger partial charge in [-0.05, 0) is 6.92 Å². The van der Waals surface area contributed by atoms with Crippen molar-refractivity contribution in [3.05, 3.63) is 16.9 Å². The minimum Gasteiger partial charge on any atom is -0.496 e. The number of hydrogen-bond acceptors (Lipinski definition) is 3. The Hall–Kier alpha value is -1.29. The second-order valence-electron chi connectivity index (χ2n) is 3.05. The highest BCUT2D eigenvalue weighted by atomic mass is 35.5. The van der Waals surface area contributed by atoms with Crippen LogP contribution in [0.5, 0.6) is 5.75 Å². The maximum Gasteiger partial charge on any atom is 0.186 e. The van der Waals surface area contributed by atoms with Crippen molar-refractivity contribution in [3.8, 4) is 5.75 Å². The van der Waals surface area contributed by atoms with E-state index in [1.807, 2.05) is 27.8 Å². The van der Waals surface area contributed by atoms with Gasteiger partial charge in [0.25, 0.3) is 0 Å². The second-order valence-corrected chi connectivity index (χ2v) is 3.44. The lowest BCUT2D eigenvalue weighted by molar-refractivity contribution is 0.419. The van der Waals surface area contributed by atoms with Crippen LogP contribution >= 0.6 is 11.6 Å². The van der Waals surface area contributed by atoms with Crippen LogP contribution in [-0.2, 0) is 7.05 Å². The predicted molar refractivity (Wildman–Crippen MR) is 66.2 cm³/mol. The van der Waals surface area contributed by atoms with Gasteiger partial charge in [0.15, 0.2) is 5.65 Å². The van der Waals surface area contributed by atoms with Crippen molar-refractivity contribution in [1.29, 1.82) is 0 Å². The van der Waals surface area contributed by atoms with E-state index in [4.69, 9.17) is 16.3 Å². The Morgan fingerprint density at radius 3 is 2.56 bits per heavy atom. The summed E-state index contributed by atoms with van der Waals surface area (Å²) < 4.78 is 6.99. The molecule has 0 aliphatic carbocycles. The van der Waals surface area contributed by atoms with E-state index in [0.717, 1.165) is 11.1 Å². The van der Waals surface area contributed by atoms with Crippen LogP contribution in [0.15, 0.2) is 6.07 Å². The van der Waals surface area contributed by atoms with Crippen LogP contribution in [0.25, 0.3) is 11.0 Å². The summed E-state index contributed by atoms with van der Waals surface area (Å²) in [6.45, 7) is 5.97. The summed E-state index contributed by atoms with van der Waals surface area (Å²) in [6.07, 6.45) is 0. The third-order valence-corrected chi connectivity index (χ3v) is 2.44. The highest BCUT2D eigenvalue weighted by Crippen LogP contribution is 2.28. The second kappa shape index (κ2) is 5.16. The third-order valence-electron chi connectivity index (χ3n) is 2.24. The molecule has 0 atom stereocenters. The number of aryl methyl sites for hydroxylation is 2. The third kappa shape index (κ3) is 2.11. The lowest BCUT2D eigenvalue weighted by Crippen LogP contribution is -1.91. The quantitative estimate of drug-likeness (QED) is 0.721. The summed E-state index contributed by atoms with van der Waals surface area (Å²) in [5.74, 6) is 0.714. The van der Waals surface area contributed by atoms with Crippen LogP contribution < -0.4 is 4.74 Å². The Morgan fingerprint density at radius 1 is 1.38 bits per heavy atom.